The molecule has 0 fully saturated rings. The number of aromatic nitrogens is 1. The zero-order valence-corrected chi connectivity index (χ0v) is 11.6. The van der Waals surface area contributed by atoms with Crippen LogP contribution in [-0.2, 0) is 6.54 Å². The maximum absolute atomic E-state index is 9.24. The molecule has 2 rings (SSSR count). The lowest BCUT2D eigenvalue weighted by molar-refractivity contribution is 0.772. The van der Waals surface area contributed by atoms with Gasteiger partial charge in [-0.1, -0.05) is 30.3 Å². The third kappa shape index (κ3) is 3.34. The van der Waals surface area contributed by atoms with Gasteiger partial charge in [0.05, 0.1) is 5.56 Å². The van der Waals surface area contributed by atoms with E-state index in [1.807, 2.05) is 37.3 Å². The number of nitrogens with zero attached hydrogens (tertiary/aromatic N) is 3. The molecule has 0 atom stereocenters. The first-order valence-electron chi connectivity index (χ1n) is 6.61. The molecule has 0 aliphatic heterocycles. The van der Waals surface area contributed by atoms with E-state index in [2.05, 4.69) is 28.1 Å². The Hall–Kier alpha value is -2.38. The first kappa shape index (κ1) is 14.0. The number of rotatable bonds is 5. The summed E-state index contributed by atoms with van der Waals surface area (Å²) in [5.41, 5.74) is 8.35. The van der Waals surface area contributed by atoms with Crippen molar-refractivity contribution in [2.45, 2.75) is 13.5 Å². The first-order valence-corrected chi connectivity index (χ1v) is 6.61. The Balaban J connectivity index is 2.33. The van der Waals surface area contributed by atoms with E-state index in [1.54, 1.807) is 0 Å². The number of anilines is 1. The summed E-state index contributed by atoms with van der Waals surface area (Å²) in [7, 11) is 0. The molecule has 20 heavy (non-hydrogen) atoms. The highest BCUT2D eigenvalue weighted by Gasteiger charge is 2.13. The summed E-state index contributed by atoms with van der Waals surface area (Å²) in [6.45, 7) is 3.81. The van der Waals surface area contributed by atoms with Crippen LogP contribution < -0.4 is 10.6 Å². The quantitative estimate of drug-likeness (QED) is 0.901. The van der Waals surface area contributed by atoms with Gasteiger partial charge in [-0.25, -0.2) is 4.98 Å². The van der Waals surface area contributed by atoms with E-state index in [4.69, 9.17) is 5.73 Å². The average Bonchev–Trinajstić information content (AvgIpc) is 2.48. The molecule has 102 valence electrons. The summed E-state index contributed by atoms with van der Waals surface area (Å²) < 4.78 is 0. The fourth-order valence-corrected chi connectivity index (χ4v) is 2.09. The van der Waals surface area contributed by atoms with E-state index in [-0.39, 0.29) is 0 Å². The highest BCUT2D eigenvalue weighted by Crippen LogP contribution is 2.19. The monoisotopic (exact) mass is 266 g/mol. The third-order valence-corrected chi connectivity index (χ3v) is 3.05. The Labute approximate surface area is 119 Å². The van der Waals surface area contributed by atoms with Gasteiger partial charge in [-0.3, -0.25) is 0 Å². The van der Waals surface area contributed by atoms with Crippen molar-refractivity contribution in [1.29, 1.82) is 5.26 Å². The molecule has 0 unspecified atom stereocenters. The van der Waals surface area contributed by atoms with Crippen LogP contribution in [-0.4, -0.2) is 18.1 Å². The van der Waals surface area contributed by atoms with Crippen LogP contribution in [0.2, 0.25) is 0 Å². The SMILES string of the molecule is Cc1ccc(C#N)c(N(CCN)Cc2ccccc2)n1. The standard InChI is InChI=1S/C16H18N4/c1-13-7-8-15(11-18)16(19-13)20(10-9-17)12-14-5-3-2-4-6-14/h2-8H,9-10,12,17H2,1H3. The summed E-state index contributed by atoms with van der Waals surface area (Å²) in [5.74, 6) is 0.710. The summed E-state index contributed by atoms with van der Waals surface area (Å²) >= 11 is 0. The van der Waals surface area contributed by atoms with Crippen molar-refractivity contribution in [3.05, 3.63) is 59.3 Å². The molecule has 4 nitrogen and oxygen atoms in total. The van der Waals surface area contributed by atoms with Gasteiger partial charge in [0, 0.05) is 25.3 Å². The second-order valence-electron chi connectivity index (χ2n) is 4.63. The lowest BCUT2D eigenvalue weighted by atomic mass is 10.2. The summed E-state index contributed by atoms with van der Waals surface area (Å²) in [5, 5.41) is 9.24. The summed E-state index contributed by atoms with van der Waals surface area (Å²) in [6, 6.07) is 16.0. The van der Waals surface area contributed by atoms with E-state index >= 15 is 0 Å². The molecule has 2 aromatic rings. The van der Waals surface area contributed by atoms with Gasteiger partial charge in [-0.2, -0.15) is 5.26 Å². The van der Waals surface area contributed by atoms with Crippen LogP contribution in [0.3, 0.4) is 0 Å². The number of nitrogens with two attached hydrogens (primary N) is 1. The molecular weight excluding hydrogens is 248 g/mol. The van der Waals surface area contributed by atoms with Gasteiger partial charge in [-0.05, 0) is 24.6 Å². The maximum atomic E-state index is 9.24. The molecular formula is C16H18N4. The number of pyridine rings is 1. The minimum atomic E-state index is 0.521. The zero-order valence-electron chi connectivity index (χ0n) is 11.6. The van der Waals surface area contributed by atoms with Crippen LogP contribution in [0.5, 0.6) is 0 Å². The Bertz CT molecular complexity index is 602. The van der Waals surface area contributed by atoms with E-state index in [9.17, 15) is 5.26 Å². The van der Waals surface area contributed by atoms with E-state index in [0.717, 1.165) is 5.69 Å². The maximum Gasteiger partial charge on any atom is 0.147 e. The molecule has 0 saturated heterocycles. The third-order valence-electron chi connectivity index (χ3n) is 3.05. The fraction of sp³-hybridized carbons (Fsp3) is 0.250. The van der Waals surface area contributed by atoms with Crippen LogP contribution in [0.15, 0.2) is 42.5 Å². The minimum absolute atomic E-state index is 0.521. The summed E-state index contributed by atoms with van der Waals surface area (Å²) in [4.78, 5) is 6.56. The lowest BCUT2D eigenvalue weighted by Gasteiger charge is -2.24. The second kappa shape index (κ2) is 6.69. The Kier molecular flexibility index (Phi) is 4.70. The predicted molar refractivity (Wildman–Crippen MR) is 80.2 cm³/mol. The molecule has 0 radical (unpaired) electrons. The van der Waals surface area contributed by atoms with E-state index < -0.39 is 0 Å². The largest absolute Gasteiger partial charge is 0.350 e. The smallest absolute Gasteiger partial charge is 0.147 e. The molecule has 2 N–H and O–H groups in total. The molecule has 0 amide bonds. The van der Waals surface area contributed by atoms with Crippen molar-refractivity contribution in [2.24, 2.45) is 5.73 Å². The van der Waals surface area contributed by atoms with Gasteiger partial charge < -0.3 is 10.6 Å². The predicted octanol–water partition coefficient (Wildman–Crippen LogP) is 2.23. The van der Waals surface area contributed by atoms with Crippen LogP contribution in [0, 0.1) is 18.3 Å². The van der Waals surface area contributed by atoms with Gasteiger partial charge in [0.25, 0.3) is 0 Å². The molecule has 1 aromatic heterocycles. The average molecular weight is 266 g/mol. The number of hydrogen-bond donors (Lipinski definition) is 1. The van der Waals surface area contributed by atoms with Gasteiger partial charge >= 0.3 is 0 Å². The normalized spacial score (nSPS) is 10.1. The zero-order chi connectivity index (χ0) is 14.4. The minimum Gasteiger partial charge on any atom is -0.350 e. The Morgan fingerprint density at radius 1 is 1.20 bits per heavy atom. The number of benzene rings is 1. The highest BCUT2D eigenvalue weighted by atomic mass is 15.2. The molecule has 0 spiro atoms. The van der Waals surface area contributed by atoms with Gasteiger partial charge in [-0.15, -0.1) is 0 Å². The van der Waals surface area contributed by atoms with E-state index in [1.165, 1.54) is 5.56 Å². The van der Waals surface area contributed by atoms with E-state index in [0.29, 0.717) is 31.0 Å². The van der Waals surface area contributed by atoms with Gasteiger partial charge in [0.1, 0.15) is 11.9 Å². The van der Waals surface area contributed by atoms with Crippen molar-refractivity contribution in [1.82, 2.24) is 4.98 Å². The molecule has 0 aliphatic carbocycles. The van der Waals surface area contributed by atoms with Crippen LogP contribution >= 0.6 is 0 Å². The number of nitriles is 1. The molecule has 0 aliphatic rings. The number of aryl methyl sites for hydroxylation is 1. The Morgan fingerprint density at radius 2 is 1.95 bits per heavy atom. The highest BCUT2D eigenvalue weighted by molar-refractivity contribution is 5.54. The number of hydrogen-bond acceptors (Lipinski definition) is 4. The molecule has 1 aromatic carbocycles. The Morgan fingerprint density at radius 3 is 2.60 bits per heavy atom. The topological polar surface area (TPSA) is 65.9 Å². The first-order chi connectivity index (χ1) is 9.74. The van der Waals surface area contributed by atoms with Gasteiger partial charge in [0.2, 0.25) is 0 Å². The molecule has 1 heterocycles. The summed E-state index contributed by atoms with van der Waals surface area (Å²) in [6.07, 6.45) is 0. The van der Waals surface area contributed by atoms with Crippen molar-refractivity contribution >= 4 is 5.82 Å². The van der Waals surface area contributed by atoms with Crippen LogP contribution in [0.25, 0.3) is 0 Å². The van der Waals surface area contributed by atoms with Crippen molar-refractivity contribution in [3.8, 4) is 6.07 Å². The fourth-order valence-electron chi connectivity index (χ4n) is 2.09. The molecule has 0 bridgehead atoms. The van der Waals surface area contributed by atoms with Gasteiger partial charge in [0.15, 0.2) is 0 Å². The lowest BCUT2D eigenvalue weighted by Crippen LogP contribution is -2.30. The second-order valence-corrected chi connectivity index (χ2v) is 4.63. The van der Waals surface area contributed by atoms with Crippen LogP contribution in [0.1, 0.15) is 16.8 Å². The molecule has 4 heteroatoms. The van der Waals surface area contributed by atoms with Crippen molar-refractivity contribution in [2.75, 3.05) is 18.0 Å². The molecule has 0 saturated carbocycles. The van der Waals surface area contributed by atoms with Crippen LogP contribution in [0.4, 0.5) is 5.82 Å². The van der Waals surface area contributed by atoms with Crippen molar-refractivity contribution in [3.63, 3.8) is 0 Å². The van der Waals surface area contributed by atoms with Crippen molar-refractivity contribution < 1.29 is 0 Å².